The van der Waals surface area contributed by atoms with Gasteiger partial charge in [0.15, 0.2) is 0 Å². The second-order valence-corrected chi connectivity index (χ2v) is 6.34. The van der Waals surface area contributed by atoms with Gasteiger partial charge < -0.3 is 20.5 Å². The number of aliphatic hydroxyl groups is 1. The number of benzene rings is 1. The van der Waals surface area contributed by atoms with Crippen LogP contribution >= 0.6 is 0 Å². The molecule has 3 N–H and O–H groups in total. The highest BCUT2D eigenvalue weighted by Crippen LogP contribution is 2.43. The van der Waals surface area contributed by atoms with Crippen LogP contribution in [0.25, 0.3) is 0 Å². The Morgan fingerprint density at radius 3 is 2.78 bits per heavy atom. The van der Waals surface area contributed by atoms with Crippen molar-refractivity contribution in [2.75, 3.05) is 6.54 Å². The summed E-state index contributed by atoms with van der Waals surface area (Å²) in [5.74, 6) is 0.562. The van der Waals surface area contributed by atoms with Crippen LogP contribution in [0.1, 0.15) is 50.8 Å². The summed E-state index contributed by atoms with van der Waals surface area (Å²) >= 11 is 0. The van der Waals surface area contributed by atoms with Crippen LogP contribution in [0, 0.1) is 11.3 Å². The highest BCUT2D eigenvalue weighted by Gasteiger charge is 2.46. The number of carbonyl (C=O) groups is 1. The van der Waals surface area contributed by atoms with Crippen molar-refractivity contribution >= 4 is 6.03 Å². The Balaban J connectivity index is 2.54. The van der Waals surface area contributed by atoms with Gasteiger partial charge in [-0.1, -0.05) is 13.3 Å². The van der Waals surface area contributed by atoms with Crippen LogP contribution in [0.3, 0.4) is 0 Å². The zero-order chi connectivity index (χ0) is 17.2. The molecule has 0 aromatic heterocycles. The van der Waals surface area contributed by atoms with E-state index in [1.165, 1.54) is 4.90 Å². The first-order valence-electron chi connectivity index (χ1n) is 7.79. The molecule has 2 amide bonds. The van der Waals surface area contributed by atoms with Crippen molar-refractivity contribution in [2.45, 2.75) is 51.4 Å². The first-order chi connectivity index (χ1) is 10.8. The predicted octanol–water partition coefficient (Wildman–Crippen LogP) is 2.31. The fraction of sp³-hybridized carbons (Fsp3) is 0.529. The minimum absolute atomic E-state index is 0.444. The van der Waals surface area contributed by atoms with Gasteiger partial charge in [0.2, 0.25) is 0 Å². The zero-order valence-corrected chi connectivity index (χ0v) is 13.7. The largest absolute Gasteiger partial charge is 0.485 e. The lowest BCUT2D eigenvalue weighted by molar-refractivity contribution is -0.0845. The SMILES string of the molecule is CCCCN(C(N)=O)[C@@H]1c2cc(C#N)ccc2OC(C)(C)[C@H]1O. The van der Waals surface area contributed by atoms with E-state index in [0.717, 1.165) is 12.8 Å². The van der Waals surface area contributed by atoms with Crippen molar-refractivity contribution in [3.8, 4) is 11.8 Å². The topological polar surface area (TPSA) is 99.6 Å². The van der Waals surface area contributed by atoms with Crippen molar-refractivity contribution in [1.82, 2.24) is 4.90 Å². The molecular formula is C17H23N3O3. The quantitative estimate of drug-likeness (QED) is 0.890. The van der Waals surface area contributed by atoms with Crippen LogP contribution in [-0.4, -0.2) is 34.3 Å². The number of rotatable bonds is 4. The van der Waals surface area contributed by atoms with Crippen LogP contribution in [0.15, 0.2) is 18.2 Å². The third-order valence-corrected chi connectivity index (χ3v) is 4.21. The van der Waals surface area contributed by atoms with Gasteiger partial charge in [-0.05, 0) is 38.5 Å². The van der Waals surface area contributed by atoms with E-state index in [1.807, 2.05) is 6.92 Å². The van der Waals surface area contributed by atoms with Crippen LogP contribution in [0.4, 0.5) is 4.79 Å². The van der Waals surface area contributed by atoms with Gasteiger partial charge in [0, 0.05) is 12.1 Å². The van der Waals surface area contributed by atoms with E-state index in [4.69, 9.17) is 15.7 Å². The number of aliphatic hydroxyl groups excluding tert-OH is 1. The molecule has 1 heterocycles. The molecule has 124 valence electrons. The van der Waals surface area contributed by atoms with E-state index < -0.39 is 23.8 Å². The summed E-state index contributed by atoms with van der Waals surface area (Å²) in [7, 11) is 0. The molecule has 0 saturated heterocycles. The fourth-order valence-electron chi connectivity index (χ4n) is 2.89. The number of amides is 2. The maximum atomic E-state index is 12.0. The number of fused-ring (bicyclic) bond motifs is 1. The third kappa shape index (κ3) is 3.25. The average Bonchev–Trinajstić information content (AvgIpc) is 2.50. The molecule has 23 heavy (non-hydrogen) atoms. The van der Waals surface area contributed by atoms with E-state index in [2.05, 4.69) is 6.07 Å². The number of nitrogens with two attached hydrogens (primary N) is 1. The number of primary amides is 1. The molecule has 1 aliphatic rings. The summed E-state index contributed by atoms with van der Waals surface area (Å²) in [5, 5.41) is 19.9. The van der Waals surface area contributed by atoms with Gasteiger partial charge in [0.05, 0.1) is 17.7 Å². The molecule has 6 nitrogen and oxygen atoms in total. The zero-order valence-electron chi connectivity index (χ0n) is 13.7. The maximum absolute atomic E-state index is 12.0. The summed E-state index contributed by atoms with van der Waals surface area (Å²) in [4.78, 5) is 13.4. The monoisotopic (exact) mass is 317 g/mol. The molecule has 1 aliphatic heterocycles. The van der Waals surface area contributed by atoms with Crippen LogP contribution in [-0.2, 0) is 0 Å². The molecule has 0 fully saturated rings. The number of nitriles is 1. The number of hydrogen-bond acceptors (Lipinski definition) is 4. The Hall–Kier alpha value is -2.26. The van der Waals surface area contributed by atoms with Gasteiger partial charge >= 0.3 is 6.03 Å². The highest BCUT2D eigenvalue weighted by atomic mass is 16.5. The van der Waals surface area contributed by atoms with Gasteiger partial charge in [0.1, 0.15) is 17.5 Å². The average molecular weight is 317 g/mol. The van der Waals surface area contributed by atoms with Crippen LogP contribution < -0.4 is 10.5 Å². The van der Waals surface area contributed by atoms with Crippen LogP contribution in [0.2, 0.25) is 0 Å². The van der Waals surface area contributed by atoms with Crippen LogP contribution in [0.5, 0.6) is 5.75 Å². The first kappa shape index (κ1) is 17.1. The highest BCUT2D eigenvalue weighted by molar-refractivity contribution is 5.73. The molecule has 6 heteroatoms. The molecule has 1 aromatic rings. The van der Waals surface area contributed by atoms with E-state index >= 15 is 0 Å². The lowest BCUT2D eigenvalue weighted by Crippen LogP contribution is -2.55. The van der Waals surface area contributed by atoms with E-state index in [1.54, 1.807) is 32.0 Å². The molecule has 2 atom stereocenters. The van der Waals surface area contributed by atoms with Crippen molar-refractivity contribution < 1.29 is 14.6 Å². The van der Waals surface area contributed by atoms with E-state index in [-0.39, 0.29) is 0 Å². The van der Waals surface area contributed by atoms with Crippen molar-refractivity contribution in [1.29, 1.82) is 5.26 Å². The Morgan fingerprint density at radius 2 is 2.22 bits per heavy atom. The lowest BCUT2D eigenvalue weighted by atomic mass is 9.85. The van der Waals surface area contributed by atoms with E-state index in [0.29, 0.717) is 23.4 Å². The predicted molar refractivity (Wildman–Crippen MR) is 85.8 cm³/mol. The van der Waals surface area contributed by atoms with Gasteiger partial charge in [-0.2, -0.15) is 5.26 Å². The number of hydrogen-bond donors (Lipinski definition) is 2. The molecule has 0 unspecified atom stereocenters. The smallest absolute Gasteiger partial charge is 0.315 e. The molecule has 2 rings (SSSR count). The summed E-state index contributed by atoms with van der Waals surface area (Å²) in [6.45, 7) is 6.00. The van der Waals surface area contributed by atoms with Gasteiger partial charge in [-0.15, -0.1) is 0 Å². The van der Waals surface area contributed by atoms with Gasteiger partial charge in [-0.25, -0.2) is 4.79 Å². The molecule has 0 bridgehead atoms. The summed E-state index contributed by atoms with van der Waals surface area (Å²) < 4.78 is 5.86. The summed E-state index contributed by atoms with van der Waals surface area (Å²) in [6.07, 6.45) is 0.728. The van der Waals surface area contributed by atoms with Crippen molar-refractivity contribution in [3.63, 3.8) is 0 Å². The Bertz CT molecular complexity index is 636. The number of nitrogens with zero attached hydrogens (tertiary/aromatic N) is 2. The number of carbonyl (C=O) groups excluding carboxylic acids is 1. The Morgan fingerprint density at radius 1 is 1.52 bits per heavy atom. The van der Waals surface area contributed by atoms with Crippen molar-refractivity contribution in [2.24, 2.45) is 5.73 Å². The van der Waals surface area contributed by atoms with Gasteiger partial charge in [0.25, 0.3) is 0 Å². The first-order valence-corrected chi connectivity index (χ1v) is 7.79. The number of urea groups is 1. The molecule has 0 spiro atoms. The van der Waals surface area contributed by atoms with Crippen molar-refractivity contribution in [3.05, 3.63) is 29.3 Å². The standard InChI is InChI=1S/C17H23N3O3/c1-4-5-8-20(16(19)22)14-12-9-11(10-18)6-7-13(12)23-17(2,3)15(14)21/h6-7,9,14-15,21H,4-5,8H2,1-3H3,(H2,19,22)/t14-,15+/m1/s1. The number of ether oxygens (including phenoxy) is 1. The second kappa shape index (κ2) is 6.47. The Labute approximate surface area is 136 Å². The molecular weight excluding hydrogens is 294 g/mol. The summed E-state index contributed by atoms with van der Waals surface area (Å²) in [5.41, 5.74) is 5.75. The Kier molecular flexibility index (Phi) is 4.81. The molecule has 0 saturated carbocycles. The normalized spacial score (nSPS) is 21.7. The van der Waals surface area contributed by atoms with E-state index in [9.17, 15) is 9.90 Å². The molecule has 1 aromatic carbocycles. The lowest BCUT2D eigenvalue weighted by Gasteiger charge is -2.46. The maximum Gasteiger partial charge on any atom is 0.315 e. The minimum Gasteiger partial charge on any atom is -0.485 e. The number of unbranched alkanes of at least 4 members (excludes halogenated alkanes) is 1. The third-order valence-electron chi connectivity index (χ3n) is 4.21. The minimum atomic E-state index is -0.951. The fourth-order valence-corrected chi connectivity index (χ4v) is 2.89. The molecule has 0 radical (unpaired) electrons. The molecule has 0 aliphatic carbocycles. The second-order valence-electron chi connectivity index (χ2n) is 6.34. The van der Waals surface area contributed by atoms with Gasteiger partial charge in [-0.3, -0.25) is 0 Å². The summed E-state index contributed by atoms with van der Waals surface area (Å²) in [6, 6.07) is 5.86.